The monoisotopic (exact) mass is 326 g/mol. The zero-order chi connectivity index (χ0) is 17.6. The normalized spacial score (nSPS) is 10.5. The van der Waals surface area contributed by atoms with Gasteiger partial charge in [0, 0.05) is 13.0 Å². The number of rotatable bonds is 3. The molecule has 0 aliphatic heterocycles. The van der Waals surface area contributed by atoms with E-state index in [4.69, 9.17) is 4.74 Å². The van der Waals surface area contributed by atoms with Gasteiger partial charge in [-0.25, -0.2) is 13.6 Å². The van der Waals surface area contributed by atoms with Crippen molar-refractivity contribution in [1.29, 1.82) is 0 Å². The van der Waals surface area contributed by atoms with Gasteiger partial charge in [0.2, 0.25) is 0 Å². The predicted molar refractivity (Wildman–Crippen MR) is 78.7 cm³/mol. The number of hydrogen-bond acceptors (Lipinski definition) is 4. The first-order chi connectivity index (χ1) is 10.6. The van der Waals surface area contributed by atoms with Crippen molar-refractivity contribution in [3.63, 3.8) is 0 Å². The van der Waals surface area contributed by atoms with E-state index in [2.05, 4.69) is 17.2 Å². The number of carbonyl (C=O) groups excluding carboxylic acids is 1. The quantitative estimate of drug-likeness (QED) is 0.400. The van der Waals surface area contributed by atoms with Crippen LogP contribution in [0.4, 0.5) is 19.3 Å². The molecule has 0 fully saturated rings. The molecule has 0 spiro atoms. The van der Waals surface area contributed by atoms with E-state index in [1.54, 1.807) is 20.8 Å². The van der Waals surface area contributed by atoms with Crippen molar-refractivity contribution in [1.82, 2.24) is 5.32 Å². The Morgan fingerprint density at radius 3 is 2.52 bits per heavy atom. The van der Waals surface area contributed by atoms with Crippen molar-refractivity contribution in [2.45, 2.75) is 32.8 Å². The van der Waals surface area contributed by atoms with Gasteiger partial charge in [0.05, 0.1) is 11.0 Å². The minimum atomic E-state index is -1.31. The molecule has 0 radical (unpaired) electrons. The van der Waals surface area contributed by atoms with Gasteiger partial charge in [0.25, 0.3) is 5.69 Å². The molecule has 0 atom stereocenters. The molecule has 0 bridgehead atoms. The fourth-order valence-corrected chi connectivity index (χ4v) is 1.49. The van der Waals surface area contributed by atoms with Gasteiger partial charge in [-0.1, -0.05) is 11.8 Å². The van der Waals surface area contributed by atoms with E-state index in [0.717, 1.165) is 0 Å². The molecule has 0 aliphatic carbocycles. The molecule has 0 aromatic heterocycles. The van der Waals surface area contributed by atoms with Crippen LogP contribution in [-0.4, -0.2) is 23.2 Å². The number of hydrogen-bond donors (Lipinski definition) is 1. The third-order valence-electron chi connectivity index (χ3n) is 2.38. The van der Waals surface area contributed by atoms with Crippen LogP contribution in [0.15, 0.2) is 12.1 Å². The Hall–Kier alpha value is -2.69. The van der Waals surface area contributed by atoms with E-state index in [9.17, 15) is 23.7 Å². The molecular weight excluding hydrogens is 310 g/mol. The van der Waals surface area contributed by atoms with Gasteiger partial charge >= 0.3 is 6.09 Å². The SMILES string of the molecule is CC(C)(C)OC(=O)NCCC#Cc1cc(F)c(F)cc1[N+](=O)[O-]. The smallest absolute Gasteiger partial charge is 0.407 e. The third kappa shape index (κ3) is 6.30. The molecule has 23 heavy (non-hydrogen) atoms. The highest BCUT2D eigenvalue weighted by atomic mass is 19.2. The molecule has 1 N–H and O–H groups in total. The largest absolute Gasteiger partial charge is 0.444 e. The minimum Gasteiger partial charge on any atom is -0.444 e. The Labute approximate surface area is 132 Å². The second-order valence-electron chi connectivity index (χ2n) is 5.52. The predicted octanol–water partition coefficient (Wildman–Crippen LogP) is 3.14. The maximum atomic E-state index is 13.1. The molecule has 1 amide bonds. The van der Waals surface area contributed by atoms with Crippen molar-refractivity contribution < 1.29 is 23.2 Å². The summed E-state index contributed by atoms with van der Waals surface area (Å²) in [4.78, 5) is 21.3. The van der Waals surface area contributed by atoms with Gasteiger partial charge in [-0.3, -0.25) is 10.1 Å². The van der Waals surface area contributed by atoms with Crippen molar-refractivity contribution in [3.05, 3.63) is 39.4 Å². The number of nitro groups is 1. The zero-order valence-electron chi connectivity index (χ0n) is 12.9. The van der Waals surface area contributed by atoms with Gasteiger partial charge in [-0.05, 0) is 26.8 Å². The molecule has 1 aromatic carbocycles. The molecule has 6 nitrogen and oxygen atoms in total. The standard InChI is InChI=1S/C15H16F2N2O4/c1-15(2,3)23-14(20)18-7-5-4-6-10-8-11(16)12(17)9-13(10)19(21)22/h8-9H,5,7H2,1-3H3,(H,18,20). The van der Waals surface area contributed by atoms with E-state index >= 15 is 0 Å². The number of nitro benzene ring substituents is 1. The van der Waals surface area contributed by atoms with Crippen molar-refractivity contribution >= 4 is 11.8 Å². The molecule has 8 heteroatoms. The molecule has 0 saturated heterocycles. The highest BCUT2D eigenvalue weighted by molar-refractivity contribution is 5.67. The number of nitrogens with zero attached hydrogens (tertiary/aromatic N) is 1. The van der Waals surface area contributed by atoms with E-state index in [0.29, 0.717) is 12.1 Å². The summed E-state index contributed by atoms with van der Waals surface area (Å²) in [6.45, 7) is 5.30. The first-order valence-electron chi connectivity index (χ1n) is 6.69. The highest BCUT2D eigenvalue weighted by Crippen LogP contribution is 2.21. The molecule has 0 heterocycles. The highest BCUT2D eigenvalue weighted by Gasteiger charge is 2.17. The maximum Gasteiger partial charge on any atom is 0.407 e. The minimum absolute atomic E-state index is 0.152. The summed E-state index contributed by atoms with van der Waals surface area (Å²) in [7, 11) is 0. The summed E-state index contributed by atoms with van der Waals surface area (Å²) in [5.74, 6) is 2.41. The van der Waals surface area contributed by atoms with Crippen LogP contribution in [0.1, 0.15) is 32.8 Å². The molecule has 0 unspecified atom stereocenters. The first-order valence-corrected chi connectivity index (χ1v) is 6.69. The van der Waals surface area contributed by atoms with Crippen molar-refractivity contribution in [3.8, 4) is 11.8 Å². The lowest BCUT2D eigenvalue weighted by molar-refractivity contribution is -0.385. The van der Waals surface area contributed by atoms with Crippen molar-refractivity contribution in [2.75, 3.05) is 6.54 Å². The van der Waals surface area contributed by atoms with Crippen LogP contribution in [-0.2, 0) is 4.74 Å². The van der Waals surface area contributed by atoms with Crippen molar-refractivity contribution in [2.24, 2.45) is 0 Å². The average Bonchev–Trinajstić information content (AvgIpc) is 2.39. The zero-order valence-corrected chi connectivity index (χ0v) is 12.9. The molecule has 1 rings (SSSR count). The number of benzene rings is 1. The van der Waals surface area contributed by atoms with E-state index in [1.807, 2.05) is 0 Å². The summed E-state index contributed by atoms with van der Waals surface area (Å²) >= 11 is 0. The summed E-state index contributed by atoms with van der Waals surface area (Å²) < 4.78 is 31.1. The molecule has 0 aliphatic rings. The van der Waals surface area contributed by atoms with Crippen LogP contribution in [0.3, 0.4) is 0 Å². The van der Waals surface area contributed by atoms with Crippen LogP contribution in [0.2, 0.25) is 0 Å². The molecule has 1 aromatic rings. The summed E-state index contributed by atoms with van der Waals surface area (Å²) in [6, 6.07) is 1.15. The van der Waals surface area contributed by atoms with E-state index in [1.165, 1.54) is 0 Å². The lowest BCUT2D eigenvalue weighted by Gasteiger charge is -2.19. The molecule has 0 saturated carbocycles. The van der Waals surface area contributed by atoms with Crippen LogP contribution < -0.4 is 5.32 Å². The van der Waals surface area contributed by atoms with E-state index < -0.39 is 33.9 Å². The second kappa shape index (κ2) is 7.54. The Balaban J connectivity index is 2.66. The number of amides is 1. The van der Waals surface area contributed by atoms with Gasteiger partial charge in [0.1, 0.15) is 11.2 Å². The van der Waals surface area contributed by atoms with Gasteiger partial charge in [-0.15, -0.1) is 0 Å². The molecular formula is C15H16F2N2O4. The second-order valence-corrected chi connectivity index (χ2v) is 5.52. The Kier molecular flexibility index (Phi) is 6.02. The molecule has 124 valence electrons. The Morgan fingerprint density at radius 2 is 1.96 bits per heavy atom. The number of halogens is 2. The van der Waals surface area contributed by atoms with Crippen LogP contribution in [0.5, 0.6) is 0 Å². The number of alkyl carbamates (subject to hydrolysis) is 1. The fraction of sp³-hybridized carbons (Fsp3) is 0.400. The van der Waals surface area contributed by atoms with Crippen LogP contribution in [0, 0.1) is 33.6 Å². The topological polar surface area (TPSA) is 81.5 Å². The Morgan fingerprint density at radius 1 is 1.35 bits per heavy atom. The lowest BCUT2D eigenvalue weighted by atomic mass is 10.1. The lowest BCUT2D eigenvalue weighted by Crippen LogP contribution is -2.32. The van der Waals surface area contributed by atoms with Crippen LogP contribution >= 0.6 is 0 Å². The van der Waals surface area contributed by atoms with E-state index in [-0.39, 0.29) is 18.5 Å². The maximum absolute atomic E-state index is 13.1. The van der Waals surface area contributed by atoms with Crippen LogP contribution in [0.25, 0.3) is 0 Å². The summed E-state index contributed by atoms with van der Waals surface area (Å²) in [6.07, 6.45) is -0.451. The van der Waals surface area contributed by atoms with Gasteiger partial charge in [0.15, 0.2) is 11.6 Å². The Bertz CT molecular complexity index is 673. The first kappa shape index (κ1) is 18.4. The third-order valence-corrected chi connectivity index (χ3v) is 2.38. The van der Waals surface area contributed by atoms with Gasteiger partial charge < -0.3 is 10.1 Å². The van der Waals surface area contributed by atoms with Gasteiger partial charge in [-0.2, -0.15) is 0 Å². The number of carbonyl (C=O) groups is 1. The number of nitrogens with one attached hydrogen (secondary N) is 1. The summed E-state index contributed by atoms with van der Waals surface area (Å²) in [5.41, 5.74) is -1.47. The summed E-state index contributed by atoms with van der Waals surface area (Å²) in [5, 5.41) is 13.2. The fourth-order valence-electron chi connectivity index (χ4n) is 1.49. The average molecular weight is 326 g/mol. The number of ether oxygens (including phenoxy) is 1.